The Bertz CT molecular complexity index is 1200. The van der Waals surface area contributed by atoms with Crippen molar-refractivity contribution >= 4 is 27.3 Å². The van der Waals surface area contributed by atoms with E-state index in [-0.39, 0.29) is 17.3 Å². The number of piperidine rings is 1. The van der Waals surface area contributed by atoms with Crippen molar-refractivity contribution in [1.82, 2.24) is 9.62 Å². The lowest BCUT2D eigenvalue weighted by Crippen LogP contribution is -2.49. The van der Waals surface area contributed by atoms with Crippen molar-refractivity contribution in [3.05, 3.63) is 90.2 Å². The lowest BCUT2D eigenvalue weighted by Gasteiger charge is -2.33. The van der Waals surface area contributed by atoms with E-state index in [9.17, 15) is 17.6 Å². The molecule has 1 saturated heterocycles. The van der Waals surface area contributed by atoms with Gasteiger partial charge in [0, 0.05) is 24.8 Å². The first-order valence-electron chi connectivity index (χ1n) is 10.4. The molecule has 1 unspecified atom stereocenters. The van der Waals surface area contributed by atoms with Gasteiger partial charge >= 0.3 is 0 Å². The monoisotopic (exact) mass is 453 g/mol. The molecule has 0 saturated carbocycles. The van der Waals surface area contributed by atoms with E-state index in [4.69, 9.17) is 0 Å². The number of benzene rings is 3. The molecular weight excluding hydrogens is 429 g/mol. The fourth-order valence-electron chi connectivity index (χ4n) is 3.81. The molecule has 1 atom stereocenters. The van der Waals surface area contributed by atoms with Crippen LogP contribution in [-0.4, -0.2) is 38.4 Å². The molecule has 6 nitrogen and oxygen atoms in total. The highest BCUT2D eigenvalue weighted by atomic mass is 32.2. The van der Waals surface area contributed by atoms with Crippen molar-refractivity contribution in [3.63, 3.8) is 0 Å². The maximum atomic E-state index is 13.5. The highest BCUT2D eigenvalue weighted by Gasteiger charge is 2.29. The molecule has 1 fully saturated rings. The fraction of sp³-hybridized carbons (Fsp3) is 0.208. The first-order valence-corrected chi connectivity index (χ1v) is 11.9. The number of halogens is 1. The number of anilines is 2. The summed E-state index contributed by atoms with van der Waals surface area (Å²) in [6.45, 7) is 0.781. The van der Waals surface area contributed by atoms with Gasteiger partial charge in [-0.15, -0.1) is 0 Å². The van der Waals surface area contributed by atoms with Gasteiger partial charge in [-0.2, -0.15) is 0 Å². The summed E-state index contributed by atoms with van der Waals surface area (Å²) in [5.74, 6) is -0.783. The fourth-order valence-corrected chi connectivity index (χ4v) is 5.10. The molecule has 3 aromatic carbocycles. The van der Waals surface area contributed by atoms with E-state index in [1.165, 1.54) is 18.2 Å². The van der Waals surface area contributed by atoms with Gasteiger partial charge in [-0.25, -0.2) is 17.5 Å². The van der Waals surface area contributed by atoms with Crippen LogP contribution in [0.1, 0.15) is 23.2 Å². The molecule has 3 aromatic rings. The van der Waals surface area contributed by atoms with Crippen LogP contribution in [0.25, 0.3) is 0 Å². The Morgan fingerprint density at radius 1 is 0.969 bits per heavy atom. The van der Waals surface area contributed by atoms with Crippen molar-refractivity contribution in [2.75, 3.05) is 18.4 Å². The number of carbonyl (C=O) groups is 1. The number of amides is 1. The maximum Gasteiger partial charge on any atom is 0.256 e. The quantitative estimate of drug-likeness (QED) is 0.588. The number of hydrogen-bond acceptors (Lipinski definition) is 4. The molecular formula is C24H24FN3O3S. The summed E-state index contributed by atoms with van der Waals surface area (Å²) in [5.41, 5.74) is 2.07. The number of rotatable bonds is 6. The van der Waals surface area contributed by atoms with Gasteiger partial charge in [0.2, 0.25) is 10.0 Å². The van der Waals surface area contributed by atoms with Crippen LogP contribution in [0.4, 0.5) is 15.8 Å². The molecule has 32 heavy (non-hydrogen) atoms. The molecule has 2 N–H and O–H groups in total. The summed E-state index contributed by atoms with van der Waals surface area (Å²) >= 11 is 0. The zero-order chi connectivity index (χ0) is 22.6. The zero-order valence-corrected chi connectivity index (χ0v) is 18.2. The molecule has 1 heterocycles. The predicted octanol–water partition coefficient (Wildman–Crippen LogP) is 4.15. The van der Waals surface area contributed by atoms with Gasteiger partial charge in [-0.1, -0.05) is 36.4 Å². The molecule has 4 rings (SSSR count). The lowest BCUT2D eigenvalue weighted by molar-refractivity contribution is 0.0704. The highest BCUT2D eigenvalue weighted by Crippen LogP contribution is 2.24. The van der Waals surface area contributed by atoms with Gasteiger partial charge in [0.05, 0.1) is 16.1 Å². The Morgan fingerprint density at radius 2 is 1.72 bits per heavy atom. The van der Waals surface area contributed by atoms with E-state index in [0.29, 0.717) is 30.6 Å². The number of sulfonamides is 1. The van der Waals surface area contributed by atoms with Gasteiger partial charge in [-0.05, 0) is 55.3 Å². The predicted molar refractivity (Wildman–Crippen MR) is 122 cm³/mol. The number of para-hydroxylation sites is 2. The summed E-state index contributed by atoms with van der Waals surface area (Å²) < 4.78 is 41.4. The number of carbonyl (C=O) groups excluding carboxylic acids is 1. The Kier molecular flexibility index (Phi) is 6.53. The number of likely N-dealkylation sites (tertiary alicyclic amines) is 1. The molecule has 166 valence electrons. The summed E-state index contributed by atoms with van der Waals surface area (Å²) in [5, 5.41) is 3.27. The highest BCUT2D eigenvalue weighted by molar-refractivity contribution is 7.89. The van der Waals surface area contributed by atoms with Crippen LogP contribution < -0.4 is 10.0 Å². The smallest absolute Gasteiger partial charge is 0.256 e. The topological polar surface area (TPSA) is 78.5 Å². The van der Waals surface area contributed by atoms with E-state index in [2.05, 4.69) is 10.0 Å². The third-order valence-corrected chi connectivity index (χ3v) is 6.87. The van der Waals surface area contributed by atoms with E-state index in [1.807, 2.05) is 42.5 Å². The molecule has 0 aromatic heterocycles. The number of hydrogen-bond donors (Lipinski definition) is 2. The molecule has 1 amide bonds. The van der Waals surface area contributed by atoms with Crippen LogP contribution in [-0.2, 0) is 10.0 Å². The molecule has 0 bridgehead atoms. The average molecular weight is 454 g/mol. The Morgan fingerprint density at radius 3 is 2.50 bits per heavy atom. The van der Waals surface area contributed by atoms with Crippen molar-refractivity contribution in [3.8, 4) is 0 Å². The Labute approximate surface area is 187 Å². The Hall–Kier alpha value is -3.23. The van der Waals surface area contributed by atoms with E-state index in [1.54, 1.807) is 17.0 Å². The summed E-state index contributed by atoms with van der Waals surface area (Å²) in [6, 6.07) is 21.3. The summed E-state index contributed by atoms with van der Waals surface area (Å²) in [6.07, 6.45) is 1.26. The van der Waals surface area contributed by atoms with Crippen LogP contribution in [0.5, 0.6) is 0 Å². The second kappa shape index (κ2) is 9.50. The van der Waals surface area contributed by atoms with Crippen LogP contribution in [0.3, 0.4) is 0 Å². The van der Waals surface area contributed by atoms with Gasteiger partial charge in [0.15, 0.2) is 0 Å². The molecule has 0 spiro atoms. The maximum absolute atomic E-state index is 13.5. The minimum absolute atomic E-state index is 0.127. The average Bonchev–Trinajstić information content (AvgIpc) is 2.80. The largest absolute Gasteiger partial charge is 0.355 e. The minimum atomic E-state index is -3.89. The first kappa shape index (κ1) is 22.0. The molecule has 8 heteroatoms. The third kappa shape index (κ3) is 5.15. The Balaban J connectivity index is 1.49. The van der Waals surface area contributed by atoms with Gasteiger partial charge in [0.25, 0.3) is 5.91 Å². The van der Waals surface area contributed by atoms with E-state index >= 15 is 0 Å². The molecule has 0 radical (unpaired) electrons. The molecule has 1 aliphatic heterocycles. The summed E-state index contributed by atoms with van der Waals surface area (Å²) in [4.78, 5) is 14.8. The van der Waals surface area contributed by atoms with Crippen molar-refractivity contribution in [2.45, 2.75) is 23.8 Å². The summed E-state index contributed by atoms with van der Waals surface area (Å²) in [7, 11) is -3.89. The van der Waals surface area contributed by atoms with Crippen molar-refractivity contribution in [2.24, 2.45) is 0 Å². The third-order valence-electron chi connectivity index (χ3n) is 5.35. The van der Waals surface area contributed by atoms with Crippen molar-refractivity contribution in [1.29, 1.82) is 0 Å². The van der Waals surface area contributed by atoms with E-state index < -0.39 is 21.9 Å². The normalized spacial score (nSPS) is 16.5. The van der Waals surface area contributed by atoms with Crippen LogP contribution in [0, 0.1) is 5.82 Å². The standard InChI is InChI=1S/C24H24FN3O3S/c25-18-8-6-12-21(16-18)32(30,31)27-20-11-7-15-28(17-20)24(29)22-13-4-5-14-23(22)26-19-9-2-1-3-10-19/h1-6,8-10,12-14,16,20,26-27H,7,11,15,17H2. The van der Waals surface area contributed by atoms with Gasteiger partial charge < -0.3 is 10.2 Å². The van der Waals surface area contributed by atoms with Crippen molar-refractivity contribution < 1.29 is 17.6 Å². The van der Waals surface area contributed by atoms with Crippen LogP contribution in [0.15, 0.2) is 83.8 Å². The van der Waals surface area contributed by atoms with Gasteiger partial charge in [-0.3, -0.25) is 4.79 Å². The van der Waals surface area contributed by atoms with Crippen LogP contribution >= 0.6 is 0 Å². The van der Waals surface area contributed by atoms with Crippen LogP contribution in [0.2, 0.25) is 0 Å². The SMILES string of the molecule is O=C(c1ccccc1Nc1ccccc1)N1CCCC(NS(=O)(=O)c2cccc(F)c2)C1. The number of nitrogens with one attached hydrogen (secondary N) is 2. The second-order valence-electron chi connectivity index (χ2n) is 7.71. The van der Waals surface area contributed by atoms with Gasteiger partial charge in [0.1, 0.15) is 5.82 Å². The minimum Gasteiger partial charge on any atom is -0.355 e. The molecule has 1 aliphatic rings. The van der Waals surface area contributed by atoms with E-state index in [0.717, 1.165) is 11.8 Å². The lowest BCUT2D eigenvalue weighted by atomic mass is 10.0. The zero-order valence-electron chi connectivity index (χ0n) is 17.4. The second-order valence-corrected chi connectivity index (χ2v) is 9.42. The number of nitrogens with zero attached hydrogens (tertiary/aromatic N) is 1. The first-order chi connectivity index (χ1) is 15.4. The molecule has 0 aliphatic carbocycles.